The van der Waals surface area contributed by atoms with E-state index in [2.05, 4.69) is 24.0 Å². The van der Waals surface area contributed by atoms with Crippen LogP contribution >= 0.6 is 0 Å². The number of carbonyl (C=O) groups excluding carboxylic acids is 1. The molecular weight excluding hydrogens is 354 g/mol. The normalized spacial score (nSPS) is 16.6. The summed E-state index contributed by atoms with van der Waals surface area (Å²) in [6.07, 6.45) is 0.354. The molecule has 28 heavy (non-hydrogen) atoms. The Labute approximate surface area is 164 Å². The van der Waals surface area contributed by atoms with Gasteiger partial charge in [0.15, 0.2) is 5.82 Å². The van der Waals surface area contributed by atoms with E-state index in [0.717, 1.165) is 11.3 Å². The summed E-state index contributed by atoms with van der Waals surface area (Å²) >= 11 is 0. The molecule has 1 unspecified atom stereocenters. The zero-order chi connectivity index (χ0) is 19.7. The summed E-state index contributed by atoms with van der Waals surface area (Å²) in [6, 6.07) is 13.7. The van der Waals surface area contributed by atoms with Gasteiger partial charge in [-0.1, -0.05) is 23.4 Å². The highest BCUT2D eigenvalue weighted by Gasteiger charge is 2.35. The first kappa shape index (κ1) is 18.2. The van der Waals surface area contributed by atoms with E-state index in [4.69, 9.17) is 9.26 Å². The average molecular weight is 377 g/mol. The fraction of sp³-hybridized carbons (Fsp3) is 0.318. The van der Waals surface area contributed by atoms with Crippen molar-refractivity contribution in [2.45, 2.75) is 33.1 Å². The molecule has 0 aliphatic carbocycles. The van der Waals surface area contributed by atoms with Gasteiger partial charge in [-0.3, -0.25) is 4.79 Å². The van der Waals surface area contributed by atoms with Crippen molar-refractivity contribution in [3.05, 3.63) is 59.4 Å². The fourth-order valence-corrected chi connectivity index (χ4v) is 3.46. The molecule has 0 spiro atoms. The van der Waals surface area contributed by atoms with Crippen LogP contribution in [0, 0.1) is 13.8 Å². The predicted octanol–water partition coefficient (Wildman–Crippen LogP) is 4.27. The van der Waals surface area contributed by atoms with Gasteiger partial charge in [0.1, 0.15) is 5.75 Å². The van der Waals surface area contributed by atoms with Crippen molar-refractivity contribution < 1.29 is 14.1 Å². The standard InChI is InChI=1S/C22H23N3O3/c1-4-27-19-8-6-5-7-18(19)25-13-17(12-20(25)26)21-23-22(28-24-21)16-10-9-14(2)15(3)11-16/h5-11,17H,4,12-13H2,1-3H3. The summed E-state index contributed by atoms with van der Waals surface area (Å²) in [7, 11) is 0. The Hall–Kier alpha value is -3.15. The number of hydrogen-bond acceptors (Lipinski definition) is 5. The second-order valence-electron chi connectivity index (χ2n) is 7.06. The lowest BCUT2D eigenvalue weighted by Crippen LogP contribution is -2.25. The van der Waals surface area contributed by atoms with Crippen molar-refractivity contribution in [2.75, 3.05) is 18.1 Å². The highest BCUT2D eigenvalue weighted by molar-refractivity contribution is 5.97. The van der Waals surface area contributed by atoms with Crippen molar-refractivity contribution >= 4 is 11.6 Å². The number of rotatable bonds is 5. The molecule has 4 rings (SSSR count). The van der Waals surface area contributed by atoms with Crippen LogP contribution in [0.15, 0.2) is 47.0 Å². The average Bonchev–Trinajstić information content (AvgIpc) is 3.32. The maximum Gasteiger partial charge on any atom is 0.257 e. The van der Waals surface area contributed by atoms with E-state index in [9.17, 15) is 4.79 Å². The van der Waals surface area contributed by atoms with Gasteiger partial charge in [0.05, 0.1) is 12.3 Å². The summed E-state index contributed by atoms with van der Waals surface area (Å²) in [4.78, 5) is 19.0. The van der Waals surface area contributed by atoms with Gasteiger partial charge >= 0.3 is 0 Å². The van der Waals surface area contributed by atoms with Crippen molar-refractivity contribution in [2.24, 2.45) is 0 Å². The third-order valence-electron chi connectivity index (χ3n) is 5.14. The Morgan fingerprint density at radius 3 is 2.79 bits per heavy atom. The molecule has 3 aromatic rings. The minimum absolute atomic E-state index is 0.0367. The minimum atomic E-state index is -0.105. The number of carbonyl (C=O) groups is 1. The molecule has 1 aliphatic rings. The molecule has 144 valence electrons. The molecule has 0 N–H and O–H groups in total. The fourth-order valence-electron chi connectivity index (χ4n) is 3.46. The Balaban J connectivity index is 1.57. The predicted molar refractivity (Wildman–Crippen MR) is 107 cm³/mol. The van der Waals surface area contributed by atoms with Crippen molar-refractivity contribution in [1.29, 1.82) is 0 Å². The molecule has 2 aromatic carbocycles. The molecule has 1 amide bonds. The van der Waals surface area contributed by atoms with Gasteiger partial charge in [-0.05, 0) is 56.2 Å². The molecule has 0 saturated carbocycles. The summed E-state index contributed by atoms with van der Waals surface area (Å²) in [6.45, 7) is 7.11. The van der Waals surface area contributed by atoms with E-state index in [1.54, 1.807) is 4.90 Å². The molecule has 1 fully saturated rings. The Morgan fingerprint density at radius 2 is 2.00 bits per heavy atom. The lowest BCUT2D eigenvalue weighted by molar-refractivity contribution is -0.117. The van der Waals surface area contributed by atoms with Gasteiger partial charge in [-0.25, -0.2) is 0 Å². The monoisotopic (exact) mass is 377 g/mol. The summed E-state index contributed by atoms with van der Waals surface area (Å²) in [5, 5.41) is 4.15. The van der Waals surface area contributed by atoms with Gasteiger partial charge < -0.3 is 14.2 Å². The number of aryl methyl sites for hydroxylation is 2. The third kappa shape index (κ3) is 3.38. The largest absolute Gasteiger partial charge is 0.492 e. The molecule has 1 aliphatic heterocycles. The Bertz CT molecular complexity index is 1010. The number of benzene rings is 2. The highest BCUT2D eigenvalue weighted by atomic mass is 16.5. The number of hydrogen-bond donors (Lipinski definition) is 0. The first-order valence-electron chi connectivity index (χ1n) is 9.50. The van der Waals surface area contributed by atoms with Crippen molar-refractivity contribution in [3.8, 4) is 17.2 Å². The second-order valence-corrected chi connectivity index (χ2v) is 7.06. The maximum absolute atomic E-state index is 12.7. The van der Waals surface area contributed by atoms with E-state index >= 15 is 0 Å². The SMILES string of the molecule is CCOc1ccccc1N1CC(c2noc(-c3ccc(C)c(C)c3)n2)CC1=O. The molecule has 6 nitrogen and oxygen atoms in total. The third-order valence-corrected chi connectivity index (χ3v) is 5.14. The summed E-state index contributed by atoms with van der Waals surface area (Å²) < 4.78 is 11.2. The molecule has 1 atom stereocenters. The van der Waals surface area contributed by atoms with Crippen LogP contribution in [0.2, 0.25) is 0 Å². The van der Waals surface area contributed by atoms with Gasteiger partial charge in [0, 0.05) is 24.4 Å². The second kappa shape index (κ2) is 7.46. The number of ether oxygens (including phenoxy) is 1. The smallest absolute Gasteiger partial charge is 0.257 e. The van der Waals surface area contributed by atoms with Crippen LogP contribution in [-0.2, 0) is 4.79 Å². The van der Waals surface area contributed by atoms with E-state index in [1.165, 1.54) is 11.1 Å². The first-order valence-corrected chi connectivity index (χ1v) is 9.50. The van der Waals surface area contributed by atoms with Crippen molar-refractivity contribution in [3.63, 3.8) is 0 Å². The minimum Gasteiger partial charge on any atom is -0.492 e. The lowest BCUT2D eigenvalue weighted by Gasteiger charge is -2.19. The highest BCUT2D eigenvalue weighted by Crippen LogP contribution is 2.36. The molecule has 1 aromatic heterocycles. The van der Waals surface area contributed by atoms with E-state index in [1.807, 2.05) is 49.4 Å². The number of amides is 1. The maximum atomic E-state index is 12.7. The summed E-state index contributed by atoms with van der Waals surface area (Å²) in [5.74, 6) is 1.69. The molecule has 0 radical (unpaired) electrons. The van der Waals surface area contributed by atoms with Crippen LogP contribution in [0.4, 0.5) is 5.69 Å². The van der Waals surface area contributed by atoms with Gasteiger partial charge in [0.25, 0.3) is 5.89 Å². The van der Waals surface area contributed by atoms with Gasteiger partial charge in [0.2, 0.25) is 5.91 Å². The molecule has 0 bridgehead atoms. The number of aromatic nitrogens is 2. The molecule has 1 saturated heterocycles. The molecule has 6 heteroatoms. The van der Waals surface area contributed by atoms with Crippen LogP contribution < -0.4 is 9.64 Å². The first-order chi connectivity index (χ1) is 13.6. The van der Waals surface area contributed by atoms with Gasteiger partial charge in [-0.2, -0.15) is 4.98 Å². The zero-order valence-electron chi connectivity index (χ0n) is 16.3. The Morgan fingerprint density at radius 1 is 1.18 bits per heavy atom. The molecular formula is C22H23N3O3. The van der Waals surface area contributed by atoms with E-state index in [0.29, 0.717) is 37.0 Å². The number of nitrogens with zero attached hydrogens (tertiary/aromatic N) is 3. The van der Waals surface area contributed by atoms with E-state index < -0.39 is 0 Å². The number of anilines is 1. The Kier molecular flexibility index (Phi) is 4.86. The van der Waals surface area contributed by atoms with Crippen LogP contribution in [0.3, 0.4) is 0 Å². The lowest BCUT2D eigenvalue weighted by atomic mass is 10.1. The van der Waals surface area contributed by atoms with Crippen LogP contribution in [0.25, 0.3) is 11.5 Å². The summed E-state index contributed by atoms with van der Waals surface area (Å²) in [5.41, 5.74) is 4.07. The van der Waals surface area contributed by atoms with Crippen LogP contribution in [-0.4, -0.2) is 29.2 Å². The van der Waals surface area contributed by atoms with Gasteiger partial charge in [-0.15, -0.1) is 0 Å². The van der Waals surface area contributed by atoms with Crippen molar-refractivity contribution in [1.82, 2.24) is 10.1 Å². The number of para-hydroxylation sites is 2. The zero-order valence-corrected chi connectivity index (χ0v) is 16.3. The van der Waals surface area contributed by atoms with Crippen LogP contribution in [0.5, 0.6) is 5.75 Å². The molecule has 2 heterocycles. The van der Waals surface area contributed by atoms with E-state index in [-0.39, 0.29) is 11.8 Å². The van der Waals surface area contributed by atoms with Crippen LogP contribution in [0.1, 0.15) is 36.2 Å². The topological polar surface area (TPSA) is 68.5 Å². The quantitative estimate of drug-likeness (QED) is 0.664.